The van der Waals surface area contributed by atoms with Crippen LogP contribution in [0.2, 0.25) is 0 Å². The number of carboxylic acids is 1. The van der Waals surface area contributed by atoms with Gasteiger partial charge in [-0.05, 0) is 197 Å². The molecule has 6 aromatic heterocycles. The van der Waals surface area contributed by atoms with Gasteiger partial charge in [0.1, 0.15) is 55.1 Å². The van der Waals surface area contributed by atoms with Gasteiger partial charge in [0, 0.05) is 179 Å². The van der Waals surface area contributed by atoms with E-state index in [1.807, 2.05) is 59.0 Å². The molecule has 3 unspecified atom stereocenters. The zero-order valence-electron chi connectivity index (χ0n) is 116. The number of ether oxygens (including phenoxy) is 6. The van der Waals surface area contributed by atoms with Crippen molar-refractivity contribution < 1.29 is 255 Å². The summed E-state index contributed by atoms with van der Waals surface area (Å²) < 4.78 is 258. The number of aldehydes is 1. The van der Waals surface area contributed by atoms with E-state index in [4.69, 9.17) is 89.3 Å². The first-order chi connectivity index (χ1) is 78.3. The molecule has 6 aliphatic rings. The summed E-state index contributed by atoms with van der Waals surface area (Å²) in [6.45, 7) is 38.3. The second-order valence-corrected chi connectivity index (χ2v) is 33.8. The number of esters is 5. The number of nitriles is 2. The number of hydrogen-bond donors (Lipinski definition) is 3. The van der Waals surface area contributed by atoms with Crippen molar-refractivity contribution in [2.24, 2.45) is 51.7 Å². The summed E-state index contributed by atoms with van der Waals surface area (Å²) in [5, 5.41) is 54.3. The normalized spacial score (nSPS) is 22.5. The van der Waals surface area contributed by atoms with Crippen LogP contribution in [-0.4, -0.2) is 220 Å². The number of nitrogens with zero attached hydrogens (tertiary/aromatic N) is 13. The van der Waals surface area contributed by atoms with Crippen molar-refractivity contribution in [1.29, 1.82) is 11.9 Å². The number of hydroxylamine groups is 3. The molecule has 6 aliphatic carbocycles. The number of H-pyrrole nitrogens is 1. The molecule has 6 aromatic rings. The summed E-state index contributed by atoms with van der Waals surface area (Å²) in [6, 6.07) is 6.44. The fraction of sp³-hybridized carbons (Fsp3) is 0.686. The average molecular weight is 2480 g/mol. The number of amides is 1. The van der Waals surface area contributed by atoms with Crippen molar-refractivity contribution in [3.63, 3.8) is 0 Å². The Morgan fingerprint density at radius 1 is 0.740 bits per heavy atom. The van der Waals surface area contributed by atoms with Gasteiger partial charge in [0.15, 0.2) is 18.9 Å². The number of carboxylic acid groups (broad SMARTS) is 1. The van der Waals surface area contributed by atoms with Crippen molar-refractivity contribution in [3.8, 4) is 34.7 Å². The summed E-state index contributed by atoms with van der Waals surface area (Å²) in [6.07, 6.45) is -2.48. The number of Topliss-reactive ketones (excluding diaryl/α,β-unsaturated/α-hetero) is 1. The van der Waals surface area contributed by atoms with E-state index in [0.717, 1.165) is 34.9 Å². The minimum absolute atomic E-state index is 0. The van der Waals surface area contributed by atoms with Gasteiger partial charge in [-0.1, -0.05) is 150 Å². The molecule has 0 aromatic carbocycles. The summed E-state index contributed by atoms with van der Waals surface area (Å²) in [5.41, 5.74) is 2.17. The number of halogens is 2. The molecule has 3 N–H and O–H groups in total. The van der Waals surface area contributed by atoms with Gasteiger partial charge in [-0.2, -0.15) is 20.7 Å². The first kappa shape index (κ1) is 103. The maximum atomic E-state index is 12.2. The first-order valence-corrected chi connectivity index (χ1v) is 47.8. The van der Waals surface area contributed by atoms with E-state index in [1.165, 1.54) is 64.4 Å². The number of nitrogens with one attached hydrogen (secondary N) is 2. The Morgan fingerprint density at radius 2 is 1.19 bits per heavy atom. The number of carbonyl (C=O) groups is 9. The molecule has 6 saturated carbocycles. The quantitative estimate of drug-likeness (QED) is 0.00335. The number of aromatic amines is 1. The Kier molecular flexibility index (Phi) is 63.9. The number of aromatic nitrogens is 10. The van der Waals surface area contributed by atoms with Crippen LogP contribution in [-0.2, 0) is 104 Å². The van der Waals surface area contributed by atoms with Gasteiger partial charge in [-0.25, -0.2) is 41.6 Å². The van der Waals surface area contributed by atoms with Crippen LogP contribution in [0.3, 0.4) is 0 Å². The van der Waals surface area contributed by atoms with Crippen LogP contribution in [0.4, 0.5) is 0 Å². The Labute approximate surface area is 1010 Å². The first-order valence-electron chi connectivity index (χ1n) is 59.5. The zero-order chi connectivity index (χ0) is 134. The second-order valence-electron chi connectivity index (χ2n) is 32.3. The third-order valence-electron chi connectivity index (χ3n) is 17.9. The molecule has 6 fully saturated rings. The largest absolute Gasteiger partial charge is 1.00 e. The molecule has 146 heavy (non-hydrogen) atoms. The number of alkyl halides is 2. The molecule has 2 radical (unpaired) electrons. The Balaban J connectivity index is -0.000000456. The summed E-state index contributed by atoms with van der Waals surface area (Å²) in [7, 11) is 9.24. The topological polar surface area (TPSA) is 495 Å². The van der Waals surface area contributed by atoms with E-state index >= 15 is 0 Å². The molecule has 1 amide bonds. The van der Waals surface area contributed by atoms with E-state index in [-0.39, 0.29) is 260 Å². The Hall–Kier alpha value is -5.97. The molecule has 12 rings (SSSR count). The third-order valence-corrected chi connectivity index (χ3v) is 18.9. The van der Waals surface area contributed by atoms with Gasteiger partial charge in [0.05, 0.1) is 86.7 Å². The van der Waals surface area contributed by atoms with Crippen molar-refractivity contribution in [2.45, 2.75) is 309 Å². The fourth-order valence-corrected chi connectivity index (χ4v) is 11.7. The predicted octanol–water partition coefficient (Wildman–Crippen LogP) is 12.4. The molecule has 0 aliphatic heterocycles. The summed E-state index contributed by atoms with van der Waals surface area (Å²) in [5.74, 6) is -11.7. The summed E-state index contributed by atoms with van der Waals surface area (Å²) >= 11 is 5.55. The van der Waals surface area contributed by atoms with Gasteiger partial charge >= 0.3 is 125 Å². The maximum Gasteiger partial charge on any atom is 1.00 e. The number of rotatable bonds is 29. The fourth-order valence-electron chi connectivity index (χ4n) is 11.2. The molecule has 44 heteroatoms. The van der Waals surface area contributed by atoms with Gasteiger partial charge in [-0.15, -0.1) is 12.2 Å². The van der Waals surface area contributed by atoms with Crippen LogP contribution in [0.5, 0.6) is 0 Å². The maximum absolute atomic E-state index is 12.2. The van der Waals surface area contributed by atoms with Crippen LogP contribution in [0.25, 0.3) is 49.4 Å². The molecule has 0 spiro atoms. The number of carbonyl (C=O) groups excluding carboxylic acids is 8. The molecule has 0 saturated heterocycles. The second kappa shape index (κ2) is 90.6. The monoisotopic (exact) mass is 2480 g/mol. The average Bonchev–Trinajstić information content (AvgIpc) is 1.54. The van der Waals surface area contributed by atoms with Crippen LogP contribution < -0.4 is 96.6 Å². The van der Waals surface area contributed by atoms with E-state index in [9.17, 15) is 52.8 Å². The zero-order valence-corrected chi connectivity index (χ0v) is 102. The van der Waals surface area contributed by atoms with Crippen LogP contribution >= 0.6 is 40.5 Å². The molecular formula is C102H163BBr2KN15NaO22PU. The number of aliphatic carboxylic acids is 1. The number of allylic oxidation sites excluding steroid dienone is 2. The number of ketones is 1. The van der Waals surface area contributed by atoms with E-state index in [1.54, 1.807) is 123 Å². The van der Waals surface area contributed by atoms with Gasteiger partial charge < -0.3 is 58.2 Å². The van der Waals surface area contributed by atoms with Crippen molar-refractivity contribution in [1.82, 2.24) is 59.6 Å². The molecule has 806 valence electrons. The molecular weight excluding hydrogens is 2290 g/mol. The van der Waals surface area contributed by atoms with Crippen LogP contribution in [0.15, 0.2) is 74.1 Å². The minimum Gasteiger partial charge on any atom is -0.855 e. The molecule has 3 atom stereocenters. The van der Waals surface area contributed by atoms with Crippen LogP contribution in [0.1, 0.15) is 327 Å². The van der Waals surface area contributed by atoms with Gasteiger partial charge in [0.25, 0.3) is 0 Å². The van der Waals surface area contributed by atoms with Crippen LogP contribution in [0, 0.1) is 112 Å². The van der Waals surface area contributed by atoms with E-state index in [0.29, 0.717) is 53.7 Å². The van der Waals surface area contributed by atoms with Crippen molar-refractivity contribution >= 4 is 125 Å². The summed E-state index contributed by atoms with van der Waals surface area (Å²) in [4.78, 5) is 131. The molecule has 0 bridgehead atoms. The van der Waals surface area contributed by atoms with E-state index < -0.39 is 183 Å². The van der Waals surface area contributed by atoms with Crippen molar-refractivity contribution in [3.05, 3.63) is 85.5 Å². The smallest absolute Gasteiger partial charge is 0.855 e. The molecule has 6 heterocycles. The van der Waals surface area contributed by atoms with E-state index in [2.05, 4.69) is 105 Å². The van der Waals surface area contributed by atoms with Gasteiger partial charge in [-0.3, -0.25) is 66.6 Å². The van der Waals surface area contributed by atoms with Crippen molar-refractivity contribution in [2.75, 3.05) is 91.7 Å². The SMILES string of the molecule is CC(C)(C)C(=O)OCn1ccc2c(-c3cn[nH]c3)ncnc21.CC(C)(C)[O-].CCOC(=O)CC(C)=O.CCOCC.CC[O-].CNOC.N#CCOP=O.[2H]C([2H])(Br)CCC([2H])([2H])Br.[2H]C1([2H])CCC([2H])(C)C1C=CC#N.[2H]C1([2H])CCC([2H])([2H])C1(C(=O)OCC)C(=O)OCC.[2H]C1([2H])CCC([2H])([2H])C1C(=O)N(C)OC.[2H]C1([2H])CCC([2H])([2H])C1C(=O)O.[2H]C1([2H])CCC([2H])([2H])C1C(C[N+]#[C-])n1cc(-c2ncnc3c2ccn3COC(=O)C(C)(C)C)cn1.[2H]C1([2H])CCC([2H])([2H])C1C=O.[2H][B].[K+].[Na+].[U]. The minimum atomic E-state index is -2.55. The van der Waals surface area contributed by atoms with Gasteiger partial charge in [0.2, 0.25) is 12.5 Å². The third kappa shape index (κ3) is 66.1. The molecule has 37 nitrogen and oxygen atoms in total. The number of hydrogen-bond acceptors (Lipinski definition) is 30. The standard InChI is InChI=1S/C23H28N6O2.C15H17N5O2.C11H18O4.C9H13N.C8H15NO2.C6H10O3.C6H10O2.C6H10O.C4H8Br2.C4H9O.C4H10O.C2H2NO2P.C2H7NO.C2H5O.BH.K.Na.U/c1-23(2,3)22(30)31-15-28-10-9-18-20(25-14-26-21(18)28)17-11-27-29(13-17)19(12-24-4)16-7-5-6-8-16;1-15(2,3)14(21)22-9-20-5-4-11-12(10-6-18-19-7-10)16-8-17-13(11)20;1-3-14-9(12)11(7-5-6-8-11)10(13)15-4-2;1-8-4-2-5-9(8)6-3-7-10;1-9(11-2)8(10)7-5-3-4-6-7;1-3-9-6(8)4-5(2)7;7-6(8)5-3-1-2-4-5;7-5-6-3-1-2-4-6;5-3-1-2-4-6;1-4(2,3)5;1-3-5-4-2;3-1-2-5-6-4;1-3-4-2;1-2-3;;;;/h9-11,13-14,16,19H,5-8,12,15H2,1-3H3;4-8H,9H2,1-3H3,(H,18,19);3-8H2,1-2H3;3,6,8-9H,2,4-5H2,1H3;7H,3-6H2,1-2H3;3-4H2,1-2H3;5H,1-4H2,(H,7,8);5-6H,1-4H2;1-4H2;1-3H3;3-4H2,1-2H3;2H2;3H,1-2H3;2H2,1H3;1H;;;/q;;;;;;;;;-1;;;;-1;;2*+1;/i7D2,8D2;;7D2,8D2;5D2,8D;5D2,6D2;;3*3D2,4D2;;;;;;1D;;;. The Morgan fingerprint density at radius 3 is 1.53 bits per heavy atom. The number of fused-ring (bicyclic) bond motifs is 2. The predicted molar refractivity (Wildman–Crippen MR) is 556 cm³/mol. The Bertz CT molecular complexity index is 5910.